The average Bonchev–Trinajstić information content (AvgIpc) is 2.28. The maximum absolute atomic E-state index is 2.49. The Labute approximate surface area is 98.9 Å². The summed E-state index contributed by atoms with van der Waals surface area (Å²) in [6.07, 6.45) is 0. The minimum atomic E-state index is 0.270. The first kappa shape index (κ1) is 11.5. The first-order valence-electron chi connectivity index (χ1n) is 4.51. The molecule has 1 rings (SSSR count). The van der Waals surface area contributed by atoms with Crippen molar-refractivity contribution < 1.29 is 0 Å². The molecule has 0 saturated heterocycles. The summed E-state index contributed by atoms with van der Waals surface area (Å²) in [6, 6.07) is 4.53. The van der Waals surface area contributed by atoms with Crippen LogP contribution in [0.1, 0.15) is 44.4 Å². The van der Waals surface area contributed by atoms with Gasteiger partial charge in [-0.1, -0.05) is 43.4 Å². The van der Waals surface area contributed by atoms with E-state index in [1.807, 2.05) is 11.3 Å². The zero-order valence-corrected chi connectivity index (χ0v) is 11.9. The van der Waals surface area contributed by atoms with Crippen molar-refractivity contribution in [1.29, 1.82) is 0 Å². The van der Waals surface area contributed by atoms with E-state index in [1.54, 1.807) is 0 Å². The number of alkyl halides is 1. The molecule has 2 heteroatoms. The van der Waals surface area contributed by atoms with Crippen LogP contribution >= 0.6 is 33.9 Å². The Balaban J connectivity index is 3.01. The summed E-state index contributed by atoms with van der Waals surface area (Å²) in [5.41, 5.74) is 0.296. The lowest BCUT2D eigenvalue weighted by Gasteiger charge is -2.17. The maximum atomic E-state index is 2.49. The molecule has 0 aromatic carbocycles. The molecule has 0 saturated carbocycles. The highest BCUT2D eigenvalue weighted by atomic mass is 127. The van der Waals surface area contributed by atoms with Gasteiger partial charge in [0.05, 0.1) is 3.42 Å². The van der Waals surface area contributed by atoms with Crippen LogP contribution in [0.25, 0.3) is 0 Å². The van der Waals surface area contributed by atoms with Gasteiger partial charge in [0.2, 0.25) is 0 Å². The van der Waals surface area contributed by atoms with E-state index >= 15 is 0 Å². The normalized spacial score (nSPS) is 13.4. The van der Waals surface area contributed by atoms with Gasteiger partial charge < -0.3 is 0 Å². The van der Waals surface area contributed by atoms with Gasteiger partial charge >= 0.3 is 0 Å². The third kappa shape index (κ3) is 2.94. The zero-order valence-electron chi connectivity index (χ0n) is 8.94. The van der Waals surface area contributed by atoms with Gasteiger partial charge in [0, 0.05) is 9.75 Å². The summed E-state index contributed by atoms with van der Waals surface area (Å²) >= 11 is 4.43. The number of thiophene rings is 1. The molecule has 0 fully saturated rings. The fourth-order valence-electron chi connectivity index (χ4n) is 1.06. The highest BCUT2D eigenvalue weighted by Crippen LogP contribution is 2.38. The number of rotatable bonds is 1. The molecule has 0 unspecified atom stereocenters. The Kier molecular flexibility index (Phi) is 3.13. The Hall–Kier alpha value is 0.430. The first-order valence-corrected chi connectivity index (χ1v) is 6.40. The molecule has 0 atom stereocenters. The second-order valence-corrected chi connectivity index (χ2v) is 8.67. The van der Waals surface area contributed by atoms with Crippen molar-refractivity contribution in [3.63, 3.8) is 0 Å². The molecule has 0 spiro atoms. The molecule has 0 radical (unpaired) electrons. The Bertz CT molecular complexity index is 257. The second-order valence-electron chi connectivity index (χ2n) is 4.89. The minimum Gasteiger partial charge on any atom is -0.143 e. The van der Waals surface area contributed by atoms with Crippen LogP contribution in [0.2, 0.25) is 0 Å². The van der Waals surface area contributed by atoms with Crippen molar-refractivity contribution in [1.82, 2.24) is 0 Å². The van der Waals surface area contributed by atoms with Crippen LogP contribution in [-0.2, 0) is 8.84 Å². The van der Waals surface area contributed by atoms with E-state index in [9.17, 15) is 0 Å². The number of hydrogen-bond acceptors (Lipinski definition) is 1. The van der Waals surface area contributed by atoms with Gasteiger partial charge in [0.25, 0.3) is 0 Å². The molecule has 74 valence electrons. The van der Waals surface area contributed by atoms with E-state index in [4.69, 9.17) is 0 Å². The Morgan fingerprint density at radius 1 is 1.00 bits per heavy atom. The SMILES string of the molecule is CC(C)(C)c1ccc(C(C)(C)I)s1. The van der Waals surface area contributed by atoms with E-state index in [1.165, 1.54) is 9.75 Å². The fraction of sp³-hybridized carbons (Fsp3) is 0.636. The van der Waals surface area contributed by atoms with Crippen LogP contribution in [0.15, 0.2) is 12.1 Å². The molecule has 13 heavy (non-hydrogen) atoms. The standard InChI is InChI=1S/C11H17IS/c1-10(2,3)8-6-7-9(13-8)11(4,5)12/h6-7H,1-5H3. The van der Waals surface area contributed by atoms with E-state index in [-0.39, 0.29) is 3.42 Å². The van der Waals surface area contributed by atoms with E-state index < -0.39 is 0 Å². The van der Waals surface area contributed by atoms with Crippen LogP contribution in [0.3, 0.4) is 0 Å². The van der Waals surface area contributed by atoms with Gasteiger partial charge in [-0.05, 0) is 31.4 Å². The van der Waals surface area contributed by atoms with Crippen LogP contribution in [-0.4, -0.2) is 0 Å². The van der Waals surface area contributed by atoms with E-state index in [2.05, 4.69) is 69.3 Å². The van der Waals surface area contributed by atoms with Crippen molar-refractivity contribution in [3.8, 4) is 0 Å². The van der Waals surface area contributed by atoms with Crippen molar-refractivity contribution in [3.05, 3.63) is 21.9 Å². The van der Waals surface area contributed by atoms with Crippen LogP contribution < -0.4 is 0 Å². The quantitative estimate of drug-likeness (QED) is 0.520. The molecule has 0 amide bonds. The predicted molar refractivity (Wildman–Crippen MR) is 70.1 cm³/mol. The van der Waals surface area contributed by atoms with Gasteiger partial charge in [0.1, 0.15) is 0 Å². The topological polar surface area (TPSA) is 0 Å². The smallest absolute Gasteiger partial charge is 0.0507 e. The van der Waals surface area contributed by atoms with E-state index in [0.29, 0.717) is 5.41 Å². The maximum Gasteiger partial charge on any atom is 0.0507 e. The first-order chi connectivity index (χ1) is 5.71. The van der Waals surface area contributed by atoms with Crippen molar-refractivity contribution in [2.75, 3.05) is 0 Å². The molecule has 0 aliphatic rings. The van der Waals surface area contributed by atoms with Gasteiger partial charge in [-0.25, -0.2) is 0 Å². The minimum absolute atomic E-state index is 0.270. The lowest BCUT2D eigenvalue weighted by Crippen LogP contribution is -2.08. The summed E-state index contributed by atoms with van der Waals surface area (Å²) in [5.74, 6) is 0. The summed E-state index contributed by atoms with van der Waals surface area (Å²) in [4.78, 5) is 2.95. The molecule has 0 aliphatic heterocycles. The van der Waals surface area contributed by atoms with Gasteiger partial charge in [-0.2, -0.15) is 0 Å². The molecular formula is C11H17IS. The number of hydrogen-bond donors (Lipinski definition) is 0. The molecule has 1 heterocycles. The van der Waals surface area contributed by atoms with Gasteiger partial charge in [-0.15, -0.1) is 11.3 Å². The van der Waals surface area contributed by atoms with Crippen molar-refractivity contribution >= 4 is 33.9 Å². The molecule has 1 aromatic rings. The van der Waals surface area contributed by atoms with Crippen LogP contribution in [0, 0.1) is 0 Å². The lowest BCUT2D eigenvalue weighted by atomic mass is 9.95. The molecule has 0 aliphatic carbocycles. The van der Waals surface area contributed by atoms with Crippen molar-refractivity contribution in [2.24, 2.45) is 0 Å². The average molecular weight is 308 g/mol. The third-order valence-electron chi connectivity index (χ3n) is 1.93. The molecule has 0 nitrogen and oxygen atoms in total. The summed E-state index contributed by atoms with van der Waals surface area (Å²) in [6.45, 7) is 11.3. The largest absolute Gasteiger partial charge is 0.143 e. The summed E-state index contributed by atoms with van der Waals surface area (Å²) < 4.78 is 0.270. The lowest BCUT2D eigenvalue weighted by molar-refractivity contribution is 0.604. The van der Waals surface area contributed by atoms with E-state index in [0.717, 1.165) is 0 Å². The summed E-state index contributed by atoms with van der Waals surface area (Å²) in [7, 11) is 0. The molecule has 0 bridgehead atoms. The Morgan fingerprint density at radius 2 is 1.46 bits per heavy atom. The highest BCUT2D eigenvalue weighted by molar-refractivity contribution is 14.1. The molecular weight excluding hydrogens is 291 g/mol. The second kappa shape index (κ2) is 3.54. The van der Waals surface area contributed by atoms with Gasteiger partial charge in [0.15, 0.2) is 0 Å². The Morgan fingerprint density at radius 3 is 1.69 bits per heavy atom. The monoisotopic (exact) mass is 308 g/mol. The highest BCUT2D eigenvalue weighted by Gasteiger charge is 2.22. The zero-order chi connectivity index (χ0) is 10.3. The summed E-state index contributed by atoms with van der Waals surface area (Å²) in [5, 5.41) is 0. The predicted octanol–water partition coefficient (Wildman–Crippen LogP) is 4.72. The third-order valence-corrected chi connectivity index (χ3v) is 4.71. The van der Waals surface area contributed by atoms with Gasteiger partial charge in [-0.3, -0.25) is 0 Å². The number of halogens is 1. The molecule has 1 aromatic heterocycles. The van der Waals surface area contributed by atoms with Crippen molar-refractivity contribution in [2.45, 2.75) is 43.5 Å². The molecule has 0 N–H and O–H groups in total. The van der Waals surface area contributed by atoms with Crippen LogP contribution in [0.5, 0.6) is 0 Å². The van der Waals surface area contributed by atoms with Crippen LogP contribution in [0.4, 0.5) is 0 Å². The fourth-order valence-corrected chi connectivity index (χ4v) is 2.63.